The Morgan fingerprint density at radius 1 is 1.09 bits per heavy atom. The number of likely N-dealkylation sites (tertiary alicyclic amines) is 2. The lowest BCUT2D eigenvalue weighted by Crippen LogP contribution is -2.46. The molecular formula is C26H29ClN2O4. The molecule has 1 N–H and O–H groups in total. The molecule has 2 aliphatic heterocycles. The monoisotopic (exact) mass is 468 g/mol. The van der Waals surface area contributed by atoms with Crippen LogP contribution in [0, 0.1) is 5.92 Å². The van der Waals surface area contributed by atoms with Crippen molar-refractivity contribution in [2.24, 2.45) is 5.92 Å². The van der Waals surface area contributed by atoms with Crippen LogP contribution < -0.4 is 0 Å². The number of carbonyl (C=O) groups is 3. The predicted octanol–water partition coefficient (Wildman–Crippen LogP) is 3.20. The summed E-state index contributed by atoms with van der Waals surface area (Å²) in [4.78, 5) is 41.7. The van der Waals surface area contributed by atoms with E-state index in [0.29, 0.717) is 42.9 Å². The van der Waals surface area contributed by atoms with Gasteiger partial charge >= 0.3 is 0 Å². The number of rotatable bonds is 6. The third-order valence-corrected chi connectivity index (χ3v) is 7.44. The van der Waals surface area contributed by atoms with Gasteiger partial charge in [0.15, 0.2) is 0 Å². The molecule has 7 heteroatoms. The summed E-state index contributed by atoms with van der Waals surface area (Å²) in [5.74, 6) is -0.743. The summed E-state index contributed by atoms with van der Waals surface area (Å²) in [5.41, 5.74) is 0.347. The Morgan fingerprint density at radius 3 is 2.33 bits per heavy atom. The van der Waals surface area contributed by atoms with Crippen molar-refractivity contribution in [2.45, 2.75) is 43.6 Å². The lowest BCUT2D eigenvalue weighted by molar-refractivity contribution is -0.142. The third kappa shape index (κ3) is 4.68. The number of imide groups is 1. The Labute approximate surface area is 199 Å². The van der Waals surface area contributed by atoms with Crippen LogP contribution in [0.4, 0.5) is 0 Å². The number of halogens is 1. The number of piperidine rings is 1. The minimum absolute atomic E-state index is 0.0654. The van der Waals surface area contributed by atoms with Crippen molar-refractivity contribution in [1.29, 1.82) is 0 Å². The molecule has 0 saturated carbocycles. The Balaban J connectivity index is 1.44. The molecule has 2 aliphatic rings. The number of amides is 3. The first-order valence-corrected chi connectivity index (χ1v) is 11.8. The fourth-order valence-corrected chi connectivity index (χ4v) is 5.42. The number of carbonyl (C=O) groups excluding carboxylic acids is 3. The molecule has 2 saturated heterocycles. The highest BCUT2D eigenvalue weighted by Gasteiger charge is 2.53. The molecule has 4 rings (SSSR count). The van der Waals surface area contributed by atoms with E-state index in [4.69, 9.17) is 11.6 Å². The SMILES string of the molecule is CN1C(=O)CC(CC(=O)N2CCC(C(O)Cc3ccccc3)CC2)(c2ccccc2Cl)C1=O. The van der Waals surface area contributed by atoms with Gasteiger partial charge in [-0.1, -0.05) is 60.1 Å². The summed E-state index contributed by atoms with van der Waals surface area (Å²) >= 11 is 6.41. The van der Waals surface area contributed by atoms with E-state index in [1.54, 1.807) is 29.2 Å². The van der Waals surface area contributed by atoms with Gasteiger partial charge in [0, 0.05) is 38.0 Å². The zero-order valence-corrected chi connectivity index (χ0v) is 19.5. The number of nitrogens with zero attached hydrogens (tertiary/aromatic N) is 2. The molecule has 0 bridgehead atoms. The van der Waals surface area contributed by atoms with E-state index in [0.717, 1.165) is 10.5 Å². The van der Waals surface area contributed by atoms with Gasteiger partial charge in [-0.3, -0.25) is 19.3 Å². The van der Waals surface area contributed by atoms with Crippen molar-refractivity contribution in [2.75, 3.05) is 20.1 Å². The van der Waals surface area contributed by atoms with Crippen molar-refractivity contribution >= 4 is 29.3 Å². The molecule has 2 unspecified atom stereocenters. The number of aliphatic hydroxyl groups is 1. The maximum absolute atomic E-state index is 13.3. The van der Waals surface area contributed by atoms with E-state index < -0.39 is 11.5 Å². The first-order chi connectivity index (χ1) is 15.8. The van der Waals surface area contributed by atoms with Gasteiger partial charge in [-0.05, 0) is 42.4 Å². The maximum atomic E-state index is 13.3. The predicted molar refractivity (Wildman–Crippen MR) is 126 cm³/mol. The van der Waals surface area contributed by atoms with E-state index in [-0.39, 0.29) is 36.5 Å². The Kier molecular flexibility index (Phi) is 6.86. The summed E-state index contributed by atoms with van der Waals surface area (Å²) in [6, 6.07) is 16.8. The van der Waals surface area contributed by atoms with Crippen LogP contribution >= 0.6 is 11.6 Å². The van der Waals surface area contributed by atoms with E-state index in [1.807, 2.05) is 30.3 Å². The number of aliphatic hydroxyl groups excluding tert-OH is 1. The standard InChI is InChI=1S/C26H29ClN2O4/c1-28-23(31)16-26(25(28)33,20-9-5-6-10-21(20)27)17-24(32)29-13-11-19(12-14-29)22(30)15-18-7-3-2-4-8-18/h2-10,19,22,30H,11-17H2,1H3. The van der Waals surface area contributed by atoms with Gasteiger partial charge in [0.2, 0.25) is 17.7 Å². The smallest absolute Gasteiger partial charge is 0.240 e. The molecule has 2 aromatic carbocycles. The Bertz CT molecular complexity index is 1040. The van der Waals surface area contributed by atoms with Crippen LogP contribution in [-0.4, -0.2) is 58.9 Å². The molecule has 6 nitrogen and oxygen atoms in total. The summed E-state index contributed by atoms with van der Waals surface area (Å²) in [6.45, 7) is 1.04. The molecule has 0 spiro atoms. The molecule has 2 aromatic rings. The van der Waals surface area contributed by atoms with Crippen LogP contribution in [0.25, 0.3) is 0 Å². The van der Waals surface area contributed by atoms with E-state index in [2.05, 4.69) is 0 Å². The molecule has 2 heterocycles. The van der Waals surface area contributed by atoms with Crippen LogP contribution in [0.2, 0.25) is 5.02 Å². The number of hydrogen-bond donors (Lipinski definition) is 1. The average Bonchev–Trinajstić information content (AvgIpc) is 3.04. The van der Waals surface area contributed by atoms with Gasteiger partial charge in [-0.25, -0.2) is 0 Å². The van der Waals surface area contributed by atoms with Crippen LogP contribution in [0.5, 0.6) is 0 Å². The minimum atomic E-state index is -1.27. The maximum Gasteiger partial charge on any atom is 0.240 e. The zero-order valence-electron chi connectivity index (χ0n) is 18.7. The molecule has 174 valence electrons. The van der Waals surface area contributed by atoms with Gasteiger partial charge < -0.3 is 10.0 Å². The molecular weight excluding hydrogens is 440 g/mol. The van der Waals surface area contributed by atoms with Gasteiger partial charge in [0.1, 0.15) is 0 Å². The lowest BCUT2D eigenvalue weighted by Gasteiger charge is -2.36. The van der Waals surface area contributed by atoms with Crippen LogP contribution in [-0.2, 0) is 26.2 Å². The topological polar surface area (TPSA) is 77.9 Å². The van der Waals surface area contributed by atoms with Crippen molar-refractivity contribution < 1.29 is 19.5 Å². The molecule has 2 fully saturated rings. The average molecular weight is 469 g/mol. The number of benzene rings is 2. The second-order valence-corrected chi connectivity index (χ2v) is 9.56. The van der Waals surface area contributed by atoms with Crippen molar-refractivity contribution in [3.8, 4) is 0 Å². The number of likely N-dealkylation sites (N-methyl/N-ethyl adjacent to an activating group) is 1. The second-order valence-electron chi connectivity index (χ2n) is 9.15. The quantitative estimate of drug-likeness (QED) is 0.660. The highest BCUT2D eigenvalue weighted by Crippen LogP contribution is 2.43. The molecule has 33 heavy (non-hydrogen) atoms. The highest BCUT2D eigenvalue weighted by molar-refractivity contribution is 6.32. The summed E-state index contributed by atoms with van der Waals surface area (Å²) in [5, 5.41) is 11.1. The van der Waals surface area contributed by atoms with Crippen molar-refractivity contribution in [1.82, 2.24) is 9.80 Å². The summed E-state index contributed by atoms with van der Waals surface area (Å²) < 4.78 is 0. The van der Waals surface area contributed by atoms with Crippen LogP contribution in [0.3, 0.4) is 0 Å². The zero-order chi connectivity index (χ0) is 23.6. The first-order valence-electron chi connectivity index (χ1n) is 11.4. The highest BCUT2D eigenvalue weighted by atomic mass is 35.5. The van der Waals surface area contributed by atoms with Gasteiger partial charge in [-0.2, -0.15) is 0 Å². The van der Waals surface area contributed by atoms with Gasteiger partial charge in [-0.15, -0.1) is 0 Å². The van der Waals surface area contributed by atoms with Crippen molar-refractivity contribution in [3.63, 3.8) is 0 Å². The fourth-order valence-electron chi connectivity index (χ4n) is 5.11. The molecule has 0 radical (unpaired) electrons. The van der Waals surface area contributed by atoms with E-state index in [1.165, 1.54) is 7.05 Å². The third-order valence-electron chi connectivity index (χ3n) is 7.11. The molecule has 2 atom stereocenters. The first kappa shape index (κ1) is 23.5. The van der Waals surface area contributed by atoms with Crippen molar-refractivity contribution in [3.05, 3.63) is 70.7 Å². The fraction of sp³-hybridized carbons (Fsp3) is 0.423. The normalized spacial score (nSPS) is 22.6. The molecule has 0 aliphatic carbocycles. The minimum Gasteiger partial charge on any atom is -0.392 e. The van der Waals surface area contributed by atoms with E-state index >= 15 is 0 Å². The summed E-state index contributed by atoms with van der Waals surface area (Å²) in [7, 11) is 1.45. The molecule has 3 amide bonds. The second kappa shape index (κ2) is 9.65. The van der Waals surface area contributed by atoms with E-state index in [9.17, 15) is 19.5 Å². The Hall–Kier alpha value is -2.70. The van der Waals surface area contributed by atoms with Gasteiger partial charge in [0.05, 0.1) is 11.5 Å². The van der Waals surface area contributed by atoms with Crippen LogP contribution in [0.15, 0.2) is 54.6 Å². The molecule has 0 aromatic heterocycles. The number of hydrogen-bond acceptors (Lipinski definition) is 4. The lowest BCUT2D eigenvalue weighted by atomic mass is 9.75. The van der Waals surface area contributed by atoms with Crippen LogP contribution in [0.1, 0.15) is 36.8 Å². The Morgan fingerprint density at radius 2 is 1.73 bits per heavy atom. The van der Waals surface area contributed by atoms with Gasteiger partial charge in [0.25, 0.3) is 0 Å². The largest absolute Gasteiger partial charge is 0.392 e. The summed E-state index contributed by atoms with van der Waals surface area (Å²) in [6.07, 6.45) is 1.38.